The number of rotatable bonds is 5. The lowest BCUT2D eigenvalue weighted by molar-refractivity contribution is 0.255. The molecule has 1 rings (SSSR count). The molecule has 0 unspecified atom stereocenters. The second-order valence-corrected chi connectivity index (χ2v) is 4.76. The summed E-state index contributed by atoms with van der Waals surface area (Å²) in [5, 5.41) is 3.44. The van der Waals surface area contributed by atoms with Gasteiger partial charge in [0.15, 0.2) is 0 Å². The molecule has 0 amide bonds. The van der Waals surface area contributed by atoms with Gasteiger partial charge in [0.25, 0.3) is 0 Å². The lowest BCUT2D eigenvalue weighted by Gasteiger charge is -2.23. The molecule has 1 aliphatic rings. The summed E-state index contributed by atoms with van der Waals surface area (Å²) in [7, 11) is 0. The Labute approximate surface area is 93.7 Å². The summed E-state index contributed by atoms with van der Waals surface area (Å²) in [6.45, 7) is 17.4. The molecule has 1 N–H and O–H groups in total. The normalized spacial score (nSPS) is 24.3. The van der Waals surface area contributed by atoms with Crippen molar-refractivity contribution in [2.24, 2.45) is 5.92 Å². The molecule has 0 aromatic carbocycles. The van der Waals surface area contributed by atoms with Crippen LogP contribution in [0.4, 0.5) is 0 Å². The highest BCUT2D eigenvalue weighted by molar-refractivity contribution is 4.84. The number of nitrogens with one attached hydrogen (secondary N) is 1. The van der Waals surface area contributed by atoms with E-state index in [1.165, 1.54) is 19.5 Å². The van der Waals surface area contributed by atoms with Gasteiger partial charge in [0, 0.05) is 18.6 Å². The Kier molecular flexibility index (Phi) is 5.07. The minimum absolute atomic E-state index is 0.551. The predicted molar refractivity (Wildman–Crippen MR) is 63.7 cm³/mol. The number of hydrogen-bond acceptors (Lipinski definition) is 2. The third-order valence-electron chi connectivity index (χ3n) is 3.38. The van der Waals surface area contributed by atoms with E-state index in [9.17, 15) is 0 Å². The standard InChI is InChI=1S/C12H23N3/c1-10(2)15-8-5-12(9-15)11(3)14-7-6-13-4/h10-12,14H,5-9H2,1-3H3/t11-,12+/m0/s1. The third-order valence-corrected chi connectivity index (χ3v) is 3.38. The zero-order chi connectivity index (χ0) is 11.3. The van der Waals surface area contributed by atoms with Crippen LogP contribution in [0.2, 0.25) is 0 Å². The van der Waals surface area contributed by atoms with Gasteiger partial charge in [0.1, 0.15) is 0 Å². The van der Waals surface area contributed by atoms with Gasteiger partial charge >= 0.3 is 0 Å². The molecule has 0 aromatic heterocycles. The Hall–Kier alpha value is -0.590. The molecule has 0 spiro atoms. The van der Waals surface area contributed by atoms with Gasteiger partial charge in [-0.05, 0) is 39.7 Å². The molecule has 0 aromatic rings. The van der Waals surface area contributed by atoms with Crippen LogP contribution in [0.1, 0.15) is 27.2 Å². The summed E-state index contributed by atoms with van der Waals surface area (Å²) in [6.07, 6.45) is 1.30. The van der Waals surface area contributed by atoms with Crippen LogP contribution in [0.5, 0.6) is 0 Å². The van der Waals surface area contributed by atoms with Crippen molar-refractivity contribution in [3.63, 3.8) is 0 Å². The summed E-state index contributed by atoms with van der Waals surface area (Å²) < 4.78 is 0. The van der Waals surface area contributed by atoms with Crippen molar-refractivity contribution in [1.82, 2.24) is 10.2 Å². The van der Waals surface area contributed by atoms with E-state index >= 15 is 0 Å². The summed E-state index contributed by atoms with van der Waals surface area (Å²) in [6, 6.07) is 1.22. The van der Waals surface area contributed by atoms with E-state index in [0.29, 0.717) is 18.6 Å². The molecule has 86 valence electrons. The second-order valence-electron chi connectivity index (χ2n) is 4.76. The SMILES string of the molecule is [C-]#[N+]CCN[C@@H](C)[C@@H]1CCN(C(C)C)C1. The second kappa shape index (κ2) is 6.09. The third kappa shape index (κ3) is 3.81. The van der Waals surface area contributed by atoms with Crippen LogP contribution in [0.25, 0.3) is 4.85 Å². The van der Waals surface area contributed by atoms with E-state index in [0.717, 1.165) is 12.5 Å². The molecule has 3 heteroatoms. The Morgan fingerprint density at radius 3 is 2.73 bits per heavy atom. The van der Waals surface area contributed by atoms with E-state index < -0.39 is 0 Å². The zero-order valence-electron chi connectivity index (χ0n) is 10.2. The molecule has 1 fully saturated rings. The first kappa shape index (κ1) is 12.5. The van der Waals surface area contributed by atoms with Crippen molar-refractivity contribution >= 4 is 0 Å². The molecule has 15 heavy (non-hydrogen) atoms. The Morgan fingerprint density at radius 2 is 2.20 bits per heavy atom. The van der Waals surface area contributed by atoms with Crippen LogP contribution in [0, 0.1) is 12.5 Å². The van der Waals surface area contributed by atoms with Gasteiger partial charge in [-0.1, -0.05) is 0 Å². The van der Waals surface area contributed by atoms with Crippen molar-refractivity contribution in [1.29, 1.82) is 0 Å². The molecule has 2 atom stereocenters. The van der Waals surface area contributed by atoms with Gasteiger partial charge in [-0.15, -0.1) is 0 Å². The smallest absolute Gasteiger partial charge is 0.226 e. The van der Waals surface area contributed by atoms with Crippen molar-refractivity contribution in [2.45, 2.75) is 39.3 Å². The van der Waals surface area contributed by atoms with E-state index in [1.54, 1.807) is 0 Å². The van der Waals surface area contributed by atoms with Crippen LogP contribution in [-0.4, -0.2) is 43.2 Å². The van der Waals surface area contributed by atoms with Crippen LogP contribution in [0.15, 0.2) is 0 Å². The highest BCUT2D eigenvalue weighted by atomic mass is 15.2. The fourth-order valence-electron chi connectivity index (χ4n) is 2.21. The van der Waals surface area contributed by atoms with E-state index in [1.807, 2.05) is 0 Å². The van der Waals surface area contributed by atoms with E-state index in [2.05, 4.69) is 35.8 Å². The molecule has 0 bridgehead atoms. The first-order chi connectivity index (χ1) is 7.15. The molecule has 3 nitrogen and oxygen atoms in total. The lowest BCUT2D eigenvalue weighted by Crippen LogP contribution is -2.37. The van der Waals surface area contributed by atoms with Crippen molar-refractivity contribution in [3.05, 3.63) is 11.4 Å². The van der Waals surface area contributed by atoms with Crippen LogP contribution in [0.3, 0.4) is 0 Å². The maximum absolute atomic E-state index is 6.72. The average Bonchev–Trinajstić information content (AvgIpc) is 2.66. The predicted octanol–water partition coefficient (Wildman–Crippen LogP) is 1.61. The lowest BCUT2D eigenvalue weighted by atomic mass is 10.0. The summed E-state index contributed by atoms with van der Waals surface area (Å²) in [5.74, 6) is 0.762. The van der Waals surface area contributed by atoms with Crippen LogP contribution in [-0.2, 0) is 0 Å². The molecule has 1 aliphatic heterocycles. The fraction of sp³-hybridized carbons (Fsp3) is 0.917. The van der Waals surface area contributed by atoms with Crippen LogP contribution >= 0.6 is 0 Å². The van der Waals surface area contributed by atoms with Gasteiger partial charge in [-0.2, -0.15) is 0 Å². The van der Waals surface area contributed by atoms with Gasteiger partial charge < -0.3 is 15.1 Å². The van der Waals surface area contributed by atoms with Crippen molar-refractivity contribution < 1.29 is 0 Å². The first-order valence-corrected chi connectivity index (χ1v) is 5.95. The summed E-state index contributed by atoms with van der Waals surface area (Å²) >= 11 is 0. The van der Waals surface area contributed by atoms with Gasteiger partial charge in [0.2, 0.25) is 6.54 Å². The number of hydrogen-bond donors (Lipinski definition) is 1. The van der Waals surface area contributed by atoms with Gasteiger partial charge in [-0.25, -0.2) is 6.57 Å². The number of likely N-dealkylation sites (tertiary alicyclic amines) is 1. The molecule has 1 heterocycles. The average molecular weight is 209 g/mol. The Balaban J connectivity index is 2.24. The van der Waals surface area contributed by atoms with Gasteiger partial charge in [0.05, 0.1) is 6.54 Å². The van der Waals surface area contributed by atoms with E-state index in [4.69, 9.17) is 6.57 Å². The fourth-order valence-corrected chi connectivity index (χ4v) is 2.21. The maximum Gasteiger partial charge on any atom is 0.226 e. The quantitative estimate of drug-likeness (QED) is 0.548. The molecule has 0 saturated carbocycles. The van der Waals surface area contributed by atoms with Gasteiger partial charge in [-0.3, -0.25) is 0 Å². The topological polar surface area (TPSA) is 19.6 Å². The van der Waals surface area contributed by atoms with E-state index in [-0.39, 0.29) is 0 Å². The number of nitrogens with zero attached hydrogens (tertiary/aromatic N) is 2. The highest BCUT2D eigenvalue weighted by Crippen LogP contribution is 2.21. The highest BCUT2D eigenvalue weighted by Gasteiger charge is 2.27. The van der Waals surface area contributed by atoms with Crippen LogP contribution < -0.4 is 5.32 Å². The largest absolute Gasteiger partial charge is 0.316 e. The van der Waals surface area contributed by atoms with Crippen molar-refractivity contribution in [3.8, 4) is 0 Å². The summed E-state index contributed by atoms with van der Waals surface area (Å²) in [5.41, 5.74) is 0. The molecule has 0 radical (unpaired) electrons. The molecule has 1 saturated heterocycles. The Morgan fingerprint density at radius 1 is 1.47 bits per heavy atom. The van der Waals surface area contributed by atoms with Crippen molar-refractivity contribution in [2.75, 3.05) is 26.2 Å². The molecule has 0 aliphatic carbocycles. The maximum atomic E-state index is 6.72. The minimum Gasteiger partial charge on any atom is -0.316 e. The monoisotopic (exact) mass is 209 g/mol. The molecular weight excluding hydrogens is 186 g/mol. The summed E-state index contributed by atoms with van der Waals surface area (Å²) in [4.78, 5) is 5.89. The Bertz CT molecular complexity index is 219. The first-order valence-electron chi connectivity index (χ1n) is 5.95. The zero-order valence-corrected chi connectivity index (χ0v) is 10.2. The minimum atomic E-state index is 0.551. The molecular formula is C12H23N3.